The highest BCUT2D eigenvalue weighted by Gasteiger charge is 2.36. The molecular formula is C21H25F3N4O6. The first-order valence-corrected chi connectivity index (χ1v) is 10.1. The SMILES string of the molecule is Cn1nc([N+](=O)[O-])c(C[C@H](NC(=O)OC(C)(C)C)C(=O)OCC(F)(F)F)c1Cc1ccccc1. The van der Waals surface area contributed by atoms with Crippen LogP contribution in [0.2, 0.25) is 0 Å². The van der Waals surface area contributed by atoms with Crippen molar-refractivity contribution < 1.29 is 37.2 Å². The maximum Gasteiger partial charge on any atom is 0.422 e. The van der Waals surface area contributed by atoms with Gasteiger partial charge in [0.2, 0.25) is 0 Å². The van der Waals surface area contributed by atoms with Gasteiger partial charge in [-0.25, -0.2) is 9.59 Å². The Hall–Kier alpha value is -3.64. The lowest BCUT2D eigenvalue weighted by Crippen LogP contribution is -2.46. The van der Waals surface area contributed by atoms with Gasteiger partial charge in [-0.1, -0.05) is 30.3 Å². The summed E-state index contributed by atoms with van der Waals surface area (Å²) in [5.74, 6) is -2.01. The smallest absolute Gasteiger partial charge is 0.422 e. The lowest BCUT2D eigenvalue weighted by molar-refractivity contribution is -0.390. The summed E-state index contributed by atoms with van der Waals surface area (Å²) in [6.07, 6.45) is -6.25. The zero-order valence-electron chi connectivity index (χ0n) is 19.0. The molecule has 0 aliphatic carbocycles. The molecule has 1 aromatic carbocycles. The summed E-state index contributed by atoms with van der Waals surface area (Å²) in [4.78, 5) is 35.6. The van der Waals surface area contributed by atoms with Crippen LogP contribution in [0.4, 0.5) is 23.8 Å². The zero-order chi connectivity index (χ0) is 25.7. The fourth-order valence-electron chi connectivity index (χ4n) is 3.05. The Morgan fingerprint density at radius 1 is 1.21 bits per heavy atom. The molecule has 34 heavy (non-hydrogen) atoms. The number of nitro groups is 1. The number of amides is 1. The molecule has 1 amide bonds. The summed E-state index contributed by atoms with van der Waals surface area (Å²) >= 11 is 0. The van der Waals surface area contributed by atoms with Crippen LogP contribution in [0.5, 0.6) is 0 Å². The summed E-state index contributed by atoms with van der Waals surface area (Å²) in [6, 6.07) is 7.16. The standard InChI is InChI=1S/C21H25F3N4O6/c1-20(2,3)34-19(30)25-15(18(29)33-12-21(22,23)24)11-14-16(10-13-8-6-5-7-9-13)27(4)26-17(14)28(31)32/h5-9,15H,10-12H2,1-4H3,(H,25,30)/t15-/m0/s1. The van der Waals surface area contributed by atoms with Crippen molar-refractivity contribution in [3.8, 4) is 0 Å². The molecule has 2 rings (SSSR count). The summed E-state index contributed by atoms with van der Waals surface area (Å²) in [5, 5.41) is 17.7. The van der Waals surface area contributed by atoms with Crippen molar-refractivity contribution in [3.05, 3.63) is 57.3 Å². The van der Waals surface area contributed by atoms with Crippen molar-refractivity contribution in [1.82, 2.24) is 15.1 Å². The topological polar surface area (TPSA) is 126 Å². The highest BCUT2D eigenvalue weighted by atomic mass is 19.4. The predicted octanol–water partition coefficient (Wildman–Crippen LogP) is 3.46. The van der Waals surface area contributed by atoms with E-state index in [-0.39, 0.29) is 12.0 Å². The number of alkyl carbamates (subject to hydrolysis) is 1. The molecule has 0 saturated heterocycles. The second-order valence-corrected chi connectivity index (χ2v) is 8.42. The minimum Gasteiger partial charge on any atom is -0.454 e. The molecular weight excluding hydrogens is 461 g/mol. The number of nitrogens with one attached hydrogen (secondary N) is 1. The van der Waals surface area contributed by atoms with Crippen LogP contribution >= 0.6 is 0 Å². The number of halogens is 3. The second kappa shape index (κ2) is 10.5. The number of carbonyl (C=O) groups is 2. The van der Waals surface area contributed by atoms with Crippen LogP contribution < -0.4 is 5.32 Å². The molecule has 1 aromatic heterocycles. The van der Waals surface area contributed by atoms with Gasteiger partial charge in [-0.3, -0.25) is 0 Å². The largest absolute Gasteiger partial charge is 0.454 e. The van der Waals surface area contributed by atoms with E-state index in [0.29, 0.717) is 5.69 Å². The van der Waals surface area contributed by atoms with Gasteiger partial charge in [-0.2, -0.15) is 17.9 Å². The Labute approximate surface area is 193 Å². The van der Waals surface area contributed by atoms with Gasteiger partial charge in [0.15, 0.2) is 6.61 Å². The molecule has 0 saturated carbocycles. The van der Waals surface area contributed by atoms with Gasteiger partial charge in [0.05, 0.1) is 23.4 Å². The first kappa shape index (κ1) is 26.6. The van der Waals surface area contributed by atoms with Crippen LogP contribution in [-0.4, -0.2) is 51.2 Å². The van der Waals surface area contributed by atoms with Crippen molar-refractivity contribution in [3.63, 3.8) is 0 Å². The highest BCUT2D eigenvalue weighted by Crippen LogP contribution is 2.26. The molecule has 1 N–H and O–H groups in total. The normalized spacial score (nSPS) is 12.7. The van der Waals surface area contributed by atoms with Gasteiger partial charge < -0.3 is 24.9 Å². The number of ether oxygens (including phenoxy) is 2. The third-order valence-electron chi connectivity index (χ3n) is 4.40. The number of esters is 1. The molecule has 0 bridgehead atoms. The summed E-state index contributed by atoms with van der Waals surface area (Å²) < 4.78 is 48.4. The minimum absolute atomic E-state index is 0.0265. The molecule has 0 radical (unpaired) electrons. The zero-order valence-corrected chi connectivity index (χ0v) is 19.0. The number of rotatable bonds is 8. The molecule has 2 aromatic rings. The van der Waals surface area contributed by atoms with Crippen LogP contribution in [0.15, 0.2) is 30.3 Å². The summed E-state index contributed by atoms with van der Waals surface area (Å²) in [5.41, 5.74) is 0.125. The van der Waals surface area contributed by atoms with Crippen molar-refractivity contribution in [2.45, 2.75) is 51.4 Å². The van der Waals surface area contributed by atoms with E-state index in [9.17, 15) is 32.9 Å². The lowest BCUT2D eigenvalue weighted by atomic mass is 10.0. The fourth-order valence-corrected chi connectivity index (χ4v) is 3.05. The Morgan fingerprint density at radius 2 is 1.82 bits per heavy atom. The van der Waals surface area contributed by atoms with Gasteiger partial charge >= 0.3 is 24.1 Å². The quantitative estimate of drug-likeness (QED) is 0.344. The van der Waals surface area contributed by atoms with E-state index in [1.165, 1.54) is 11.7 Å². The number of aromatic nitrogens is 2. The van der Waals surface area contributed by atoms with Crippen LogP contribution in [0.1, 0.15) is 37.6 Å². The average Bonchev–Trinajstić information content (AvgIpc) is 3.00. The Bertz CT molecular complexity index is 1030. The summed E-state index contributed by atoms with van der Waals surface area (Å²) in [7, 11) is 1.47. The van der Waals surface area contributed by atoms with Crippen molar-refractivity contribution in [2.24, 2.45) is 7.05 Å². The Kier molecular flexibility index (Phi) is 8.24. The number of alkyl halides is 3. The van der Waals surface area contributed by atoms with Crippen molar-refractivity contribution in [2.75, 3.05) is 6.61 Å². The van der Waals surface area contributed by atoms with Crippen LogP contribution in [-0.2, 0) is 34.2 Å². The highest BCUT2D eigenvalue weighted by molar-refractivity contribution is 5.82. The molecule has 10 nitrogen and oxygen atoms in total. The van der Waals surface area contributed by atoms with Crippen LogP contribution in [0, 0.1) is 10.1 Å². The minimum atomic E-state index is -4.80. The van der Waals surface area contributed by atoms with E-state index < -0.39 is 53.7 Å². The molecule has 13 heteroatoms. The van der Waals surface area contributed by atoms with Crippen LogP contribution in [0.3, 0.4) is 0 Å². The predicted molar refractivity (Wildman–Crippen MR) is 113 cm³/mol. The fraction of sp³-hybridized carbons (Fsp3) is 0.476. The molecule has 0 spiro atoms. The average molecular weight is 486 g/mol. The van der Waals surface area contributed by atoms with E-state index in [0.717, 1.165) is 5.56 Å². The number of hydrogen-bond acceptors (Lipinski definition) is 7. The maximum absolute atomic E-state index is 12.6. The molecule has 0 unspecified atom stereocenters. The Morgan fingerprint density at radius 3 is 2.35 bits per heavy atom. The third kappa shape index (κ3) is 8.05. The van der Waals surface area contributed by atoms with Crippen LogP contribution in [0.25, 0.3) is 0 Å². The van der Waals surface area contributed by atoms with Gasteiger partial charge in [0.1, 0.15) is 11.6 Å². The monoisotopic (exact) mass is 486 g/mol. The van der Waals surface area contributed by atoms with E-state index in [2.05, 4.69) is 15.2 Å². The summed E-state index contributed by atoms with van der Waals surface area (Å²) in [6.45, 7) is 2.76. The molecule has 0 fully saturated rings. The van der Waals surface area contributed by atoms with E-state index in [1.54, 1.807) is 51.1 Å². The van der Waals surface area contributed by atoms with Gasteiger partial charge in [0, 0.05) is 12.8 Å². The van der Waals surface area contributed by atoms with Gasteiger partial charge in [-0.05, 0) is 31.3 Å². The van der Waals surface area contributed by atoms with Gasteiger partial charge in [0.25, 0.3) is 0 Å². The first-order chi connectivity index (χ1) is 15.7. The van der Waals surface area contributed by atoms with E-state index >= 15 is 0 Å². The second-order valence-electron chi connectivity index (χ2n) is 8.42. The first-order valence-electron chi connectivity index (χ1n) is 10.1. The lowest BCUT2D eigenvalue weighted by Gasteiger charge is -2.23. The maximum atomic E-state index is 12.6. The van der Waals surface area contributed by atoms with Gasteiger partial charge in [-0.15, -0.1) is 0 Å². The molecule has 186 valence electrons. The number of nitrogens with zero attached hydrogens (tertiary/aromatic N) is 3. The number of benzene rings is 1. The van der Waals surface area contributed by atoms with Crippen molar-refractivity contribution in [1.29, 1.82) is 0 Å². The molecule has 1 heterocycles. The van der Waals surface area contributed by atoms with E-state index in [1.807, 2.05) is 0 Å². The number of carbonyl (C=O) groups excluding carboxylic acids is 2. The molecule has 0 aliphatic heterocycles. The molecule has 1 atom stereocenters. The number of aryl methyl sites for hydroxylation is 1. The van der Waals surface area contributed by atoms with E-state index in [4.69, 9.17) is 4.74 Å². The Balaban J connectivity index is 2.41. The third-order valence-corrected chi connectivity index (χ3v) is 4.40. The molecule has 0 aliphatic rings. The number of hydrogen-bond donors (Lipinski definition) is 1. The van der Waals surface area contributed by atoms with Crippen molar-refractivity contribution >= 4 is 17.9 Å².